The molecule has 0 aliphatic rings. The summed E-state index contributed by atoms with van der Waals surface area (Å²) in [6, 6.07) is -5.09. The third kappa shape index (κ3) is 8.61. The molecule has 1 rings (SSSR count). The largest absolute Gasteiger partial charge is 0.480 e. The molecule has 13 nitrogen and oxygen atoms in total. The highest BCUT2D eigenvalue weighted by molar-refractivity contribution is 5.94. The summed E-state index contributed by atoms with van der Waals surface area (Å²) in [6.45, 7) is 4.12. The standard InChI is InChI=1S/C19H32N6O7/c1-9(2)4-12(16(28)25-14(7-26)19(31)32)23-17(29)13(5-11-6-21-8-22-11)24-18(30)15(20)10(3)27/h6,8-10,12-15,26-27H,4-5,7,20H2,1-3H3,(H,21,22)(H,23,29)(H,24,30)(H,25,28)(H,31,32). The molecule has 32 heavy (non-hydrogen) atoms. The van der Waals surface area contributed by atoms with Crippen molar-refractivity contribution < 1.29 is 34.5 Å². The molecule has 0 saturated heterocycles. The maximum absolute atomic E-state index is 13.0. The molecule has 3 amide bonds. The van der Waals surface area contributed by atoms with Crippen LogP contribution in [0.2, 0.25) is 0 Å². The molecular formula is C19H32N6O7. The molecule has 1 aromatic rings. The minimum absolute atomic E-state index is 0.00545. The zero-order chi connectivity index (χ0) is 24.4. The van der Waals surface area contributed by atoms with Crippen molar-refractivity contribution in [1.29, 1.82) is 0 Å². The van der Waals surface area contributed by atoms with Crippen molar-refractivity contribution in [1.82, 2.24) is 25.9 Å². The van der Waals surface area contributed by atoms with E-state index >= 15 is 0 Å². The first-order valence-electron chi connectivity index (χ1n) is 10.1. The number of nitrogens with two attached hydrogens (primary N) is 1. The van der Waals surface area contributed by atoms with Crippen LogP contribution < -0.4 is 21.7 Å². The van der Waals surface area contributed by atoms with E-state index in [2.05, 4.69) is 25.9 Å². The van der Waals surface area contributed by atoms with Crippen molar-refractivity contribution in [3.63, 3.8) is 0 Å². The third-order valence-electron chi connectivity index (χ3n) is 4.57. The van der Waals surface area contributed by atoms with Gasteiger partial charge in [0, 0.05) is 18.3 Å². The normalized spacial score (nSPS) is 15.8. The molecule has 0 bridgehead atoms. The highest BCUT2D eigenvalue weighted by atomic mass is 16.4. The summed E-state index contributed by atoms with van der Waals surface area (Å²) in [5.41, 5.74) is 6.16. The highest BCUT2D eigenvalue weighted by Gasteiger charge is 2.31. The number of aliphatic hydroxyl groups excluding tert-OH is 2. The molecule has 9 N–H and O–H groups in total. The van der Waals surface area contributed by atoms with Crippen molar-refractivity contribution >= 4 is 23.7 Å². The van der Waals surface area contributed by atoms with Crippen LogP contribution in [0.1, 0.15) is 32.9 Å². The van der Waals surface area contributed by atoms with Crippen LogP contribution in [0.3, 0.4) is 0 Å². The van der Waals surface area contributed by atoms with Crippen LogP contribution in [0.4, 0.5) is 0 Å². The zero-order valence-corrected chi connectivity index (χ0v) is 18.2. The van der Waals surface area contributed by atoms with E-state index in [4.69, 9.17) is 15.9 Å². The Balaban J connectivity index is 3.03. The van der Waals surface area contributed by atoms with Gasteiger partial charge in [-0.1, -0.05) is 13.8 Å². The van der Waals surface area contributed by atoms with E-state index in [9.17, 15) is 24.3 Å². The van der Waals surface area contributed by atoms with E-state index < -0.39 is 60.6 Å². The summed E-state index contributed by atoms with van der Waals surface area (Å²) in [5.74, 6) is -3.75. The predicted octanol–water partition coefficient (Wildman–Crippen LogP) is -2.76. The number of aromatic amines is 1. The predicted molar refractivity (Wildman–Crippen MR) is 112 cm³/mol. The van der Waals surface area contributed by atoms with Crippen molar-refractivity contribution in [2.75, 3.05) is 6.61 Å². The number of carboxylic acid groups (broad SMARTS) is 1. The summed E-state index contributed by atoms with van der Waals surface area (Å²) in [6.07, 6.45) is 1.86. The number of hydrogen-bond acceptors (Lipinski definition) is 8. The minimum atomic E-state index is -1.53. The number of H-pyrrole nitrogens is 1. The van der Waals surface area contributed by atoms with Crippen molar-refractivity contribution in [3.05, 3.63) is 18.2 Å². The molecule has 0 aromatic carbocycles. The Kier molecular flexibility index (Phi) is 10.7. The molecule has 0 aliphatic heterocycles. The molecule has 0 radical (unpaired) electrons. The molecule has 0 fully saturated rings. The lowest BCUT2D eigenvalue weighted by Crippen LogP contribution is -2.59. The van der Waals surface area contributed by atoms with Crippen LogP contribution in [0.25, 0.3) is 0 Å². The lowest BCUT2D eigenvalue weighted by Gasteiger charge is -2.26. The van der Waals surface area contributed by atoms with E-state index in [0.29, 0.717) is 5.69 Å². The number of rotatable bonds is 13. The van der Waals surface area contributed by atoms with E-state index in [1.165, 1.54) is 19.4 Å². The number of nitrogens with zero attached hydrogens (tertiary/aromatic N) is 1. The van der Waals surface area contributed by atoms with E-state index in [-0.39, 0.29) is 18.8 Å². The topological polar surface area (TPSA) is 220 Å². The number of carbonyl (C=O) groups is 4. The smallest absolute Gasteiger partial charge is 0.328 e. The molecular weight excluding hydrogens is 424 g/mol. The van der Waals surface area contributed by atoms with Gasteiger partial charge in [0.05, 0.1) is 19.0 Å². The fourth-order valence-electron chi connectivity index (χ4n) is 2.75. The van der Waals surface area contributed by atoms with Gasteiger partial charge in [-0.15, -0.1) is 0 Å². The second-order valence-electron chi connectivity index (χ2n) is 7.88. The Bertz CT molecular complexity index is 768. The van der Waals surface area contributed by atoms with E-state index in [1.54, 1.807) is 13.8 Å². The number of aliphatic hydroxyl groups is 2. The van der Waals surface area contributed by atoms with Gasteiger partial charge in [0.1, 0.15) is 24.2 Å². The molecule has 5 unspecified atom stereocenters. The number of aliphatic carboxylic acids is 1. The molecule has 13 heteroatoms. The quantitative estimate of drug-likeness (QED) is 0.154. The minimum Gasteiger partial charge on any atom is -0.480 e. The molecule has 1 aromatic heterocycles. The maximum atomic E-state index is 13.0. The average Bonchev–Trinajstić information content (AvgIpc) is 3.22. The van der Waals surface area contributed by atoms with Gasteiger partial charge in [0.2, 0.25) is 17.7 Å². The zero-order valence-electron chi connectivity index (χ0n) is 18.2. The summed E-state index contributed by atoms with van der Waals surface area (Å²) >= 11 is 0. The first-order chi connectivity index (χ1) is 15.0. The Morgan fingerprint density at radius 1 is 1.03 bits per heavy atom. The number of carboxylic acids is 1. The van der Waals surface area contributed by atoms with Crippen molar-refractivity contribution in [2.45, 2.75) is 63.9 Å². The number of imidazole rings is 1. The molecule has 0 aliphatic carbocycles. The van der Waals surface area contributed by atoms with Gasteiger partial charge in [-0.2, -0.15) is 0 Å². The van der Waals surface area contributed by atoms with Gasteiger partial charge in [0.25, 0.3) is 0 Å². The van der Waals surface area contributed by atoms with Crippen molar-refractivity contribution in [3.8, 4) is 0 Å². The van der Waals surface area contributed by atoms with Gasteiger partial charge < -0.3 is 42.0 Å². The molecule has 0 spiro atoms. The van der Waals surface area contributed by atoms with Crippen LogP contribution >= 0.6 is 0 Å². The van der Waals surface area contributed by atoms with E-state index in [1.807, 2.05) is 0 Å². The van der Waals surface area contributed by atoms with Gasteiger partial charge in [-0.05, 0) is 19.3 Å². The van der Waals surface area contributed by atoms with Crippen LogP contribution in [-0.4, -0.2) is 85.9 Å². The Morgan fingerprint density at radius 2 is 1.59 bits per heavy atom. The van der Waals surface area contributed by atoms with Gasteiger partial charge in [-0.3, -0.25) is 14.4 Å². The Hall–Kier alpha value is -3.03. The van der Waals surface area contributed by atoms with Crippen molar-refractivity contribution in [2.24, 2.45) is 11.7 Å². The van der Waals surface area contributed by atoms with Crippen LogP contribution in [0.15, 0.2) is 12.5 Å². The number of aromatic nitrogens is 2. The molecule has 1 heterocycles. The molecule has 5 atom stereocenters. The molecule has 180 valence electrons. The summed E-state index contributed by atoms with van der Waals surface area (Å²) in [7, 11) is 0. The number of hydrogen-bond donors (Lipinski definition) is 8. The average molecular weight is 457 g/mol. The summed E-state index contributed by atoms with van der Waals surface area (Å²) in [5, 5.41) is 34.9. The van der Waals surface area contributed by atoms with Gasteiger partial charge >= 0.3 is 5.97 Å². The first-order valence-corrected chi connectivity index (χ1v) is 10.1. The van der Waals surface area contributed by atoms with Crippen LogP contribution in [-0.2, 0) is 25.6 Å². The molecule has 0 saturated carbocycles. The Morgan fingerprint density at radius 3 is 2.06 bits per heavy atom. The van der Waals surface area contributed by atoms with Crippen LogP contribution in [0, 0.1) is 5.92 Å². The number of amides is 3. The van der Waals surface area contributed by atoms with E-state index in [0.717, 1.165) is 0 Å². The number of nitrogens with one attached hydrogen (secondary N) is 4. The SMILES string of the molecule is CC(C)CC(NC(=O)C(Cc1cnc[nH]1)NC(=O)C(N)C(C)O)C(=O)NC(CO)C(=O)O. The van der Waals surface area contributed by atoms with Gasteiger partial charge in [0.15, 0.2) is 0 Å². The fourth-order valence-corrected chi connectivity index (χ4v) is 2.75. The van der Waals surface area contributed by atoms with Gasteiger partial charge in [-0.25, -0.2) is 9.78 Å². The lowest BCUT2D eigenvalue weighted by atomic mass is 10.0. The first kappa shape index (κ1) is 27.0. The lowest BCUT2D eigenvalue weighted by molar-refractivity contribution is -0.143. The highest BCUT2D eigenvalue weighted by Crippen LogP contribution is 2.08. The summed E-state index contributed by atoms with van der Waals surface area (Å²) in [4.78, 5) is 55.6. The second-order valence-corrected chi connectivity index (χ2v) is 7.88. The fraction of sp³-hybridized carbons (Fsp3) is 0.632. The third-order valence-corrected chi connectivity index (χ3v) is 4.57. The number of carbonyl (C=O) groups excluding carboxylic acids is 3. The second kappa shape index (κ2) is 12.7. The maximum Gasteiger partial charge on any atom is 0.328 e. The monoisotopic (exact) mass is 456 g/mol. The summed E-state index contributed by atoms with van der Waals surface area (Å²) < 4.78 is 0. The van der Waals surface area contributed by atoms with Crippen LogP contribution in [0.5, 0.6) is 0 Å². The Labute approximate surface area is 185 Å².